The van der Waals surface area contributed by atoms with Gasteiger partial charge < -0.3 is 5.11 Å². The normalized spacial score (nSPS) is 16.4. The predicted octanol–water partition coefficient (Wildman–Crippen LogP) is 3.54. The average molecular weight is 286 g/mol. The average Bonchev–Trinajstić information content (AvgIpc) is 2.03. The lowest BCUT2D eigenvalue weighted by molar-refractivity contribution is -0.109. The molecule has 0 radical (unpaired) electrons. The minimum absolute atomic E-state index is 0.101. The molecule has 1 aromatic rings. The number of alkyl halides is 3. The lowest BCUT2D eigenvalue weighted by Gasteiger charge is -2.28. The second kappa shape index (κ2) is 3.76. The molecule has 0 saturated heterocycles. The SMILES string of the molecule is CC(O)(c1ccc(Cl)cc1)C(F)(F)Br. The molecule has 0 heterocycles. The van der Waals surface area contributed by atoms with E-state index in [0.29, 0.717) is 5.02 Å². The Morgan fingerprint density at radius 3 is 2.07 bits per heavy atom. The fourth-order valence-corrected chi connectivity index (χ4v) is 1.29. The summed E-state index contributed by atoms with van der Waals surface area (Å²) < 4.78 is 25.8. The van der Waals surface area contributed by atoms with Crippen LogP contribution in [0.3, 0.4) is 0 Å². The summed E-state index contributed by atoms with van der Waals surface area (Å²) in [5.74, 6) is 0. The van der Waals surface area contributed by atoms with E-state index in [1.165, 1.54) is 24.3 Å². The Morgan fingerprint density at radius 1 is 1.29 bits per heavy atom. The highest BCUT2D eigenvalue weighted by Crippen LogP contribution is 2.41. The standard InChI is InChI=1S/C9H8BrClF2O/c1-8(14,9(10,12)13)6-2-4-7(11)5-3-6/h2-5,14H,1H3. The van der Waals surface area contributed by atoms with Crippen molar-refractivity contribution < 1.29 is 13.9 Å². The quantitative estimate of drug-likeness (QED) is 0.824. The van der Waals surface area contributed by atoms with E-state index in [0.717, 1.165) is 6.92 Å². The molecule has 0 fully saturated rings. The Labute approximate surface area is 93.8 Å². The van der Waals surface area contributed by atoms with E-state index < -0.39 is 10.4 Å². The molecule has 0 bridgehead atoms. The number of hydrogen-bond acceptors (Lipinski definition) is 1. The summed E-state index contributed by atoms with van der Waals surface area (Å²) in [6, 6.07) is 5.61. The third-order valence-corrected chi connectivity index (χ3v) is 2.98. The molecular formula is C9H8BrClF2O. The smallest absolute Gasteiger partial charge is 0.333 e. The van der Waals surface area contributed by atoms with Crippen molar-refractivity contribution in [2.75, 3.05) is 0 Å². The van der Waals surface area contributed by atoms with Crippen LogP contribution in [0, 0.1) is 0 Å². The van der Waals surface area contributed by atoms with Crippen molar-refractivity contribution >= 4 is 27.5 Å². The van der Waals surface area contributed by atoms with Gasteiger partial charge in [-0.25, -0.2) is 0 Å². The first-order valence-electron chi connectivity index (χ1n) is 3.80. The van der Waals surface area contributed by atoms with Crippen LogP contribution in [0.25, 0.3) is 0 Å². The minimum atomic E-state index is -3.38. The maximum atomic E-state index is 12.9. The highest BCUT2D eigenvalue weighted by Gasteiger charge is 2.47. The topological polar surface area (TPSA) is 20.2 Å². The van der Waals surface area contributed by atoms with Gasteiger partial charge in [0.15, 0.2) is 5.60 Å². The van der Waals surface area contributed by atoms with Crippen molar-refractivity contribution in [3.8, 4) is 0 Å². The fraction of sp³-hybridized carbons (Fsp3) is 0.333. The molecule has 0 aromatic heterocycles. The molecule has 1 nitrogen and oxygen atoms in total. The van der Waals surface area contributed by atoms with Crippen LogP contribution in [0.1, 0.15) is 12.5 Å². The van der Waals surface area contributed by atoms with Gasteiger partial charge in [0, 0.05) is 5.02 Å². The van der Waals surface area contributed by atoms with Gasteiger partial charge in [0.05, 0.1) is 0 Å². The molecule has 0 aliphatic carbocycles. The van der Waals surface area contributed by atoms with Crippen molar-refractivity contribution in [1.29, 1.82) is 0 Å². The van der Waals surface area contributed by atoms with Crippen molar-refractivity contribution in [3.05, 3.63) is 34.9 Å². The Hall–Kier alpha value is -0.190. The van der Waals surface area contributed by atoms with Crippen molar-refractivity contribution in [2.24, 2.45) is 0 Å². The van der Waals surface area contributed by atoms with E-state index in [2.05, 4.69) is 15.9 Å². The zero-order valence-corrected chi connectivity index (χ0v) is 9.61. The zero-order valence-electron chi connectivity index (χ0n) is 7.27. The van der Waals surface area contributed by atoms with Gasteiger partial charge in [0.2, 0.25) is 0 Å². The van der Waals surface area contributed by atoms with Gasteiger partial charge in [-0.3, -0.25) is 0 Å². The number of aliphatic hydroxyl groups is 1. The molecular weight excluding hydrogens is 277 g/mol. The largest absolute Gasteiger partial charge is 0.378 e. The van der Waals surface area contributed by atoms with E-state index in [9.17, 15) is 13.9 Å². The van der Waals surface area contributed by atoms with Crippen LogP contribution in [0.4, 0.5) is 8.78 Å². The van der Waals surface area contributed by atoms with Gasteiger partial charge in [-0.1, -0.05) is 23.7 Å². The molecule has 1 N–H and O–H groups in total. The van der Waals surface area contributed by atoms with E-state index in [1.807, 2.05) is 0 Å². The molecule has 14 heavy (non-hydrogen) atoms. The van der Waals surface area contributed by atoms with Gasteiger partial charge in [-0.05, 0) is 40.5 Å². The van der Waals surface area contributed by atoms with E-state index in [4.69, 9.17) is 11.6 Å². The van der Waals surface area contributed by atoms with Gasteiger partial charge in [-0.15, -0.1) is 0 Å². The van der Waals surface area contributed by atoms with Crippen LogP contribution in [-0.2, 0) is 5.60 Å². The van der Waals surface area contributed by atoms with Crippen LogP contribution < -0.4 is 0 Å². The minimum Gasteiger partial charge on any atom is -0.378 e. The fourth-order valence-electron chi connectivity index (χ4n) is 0.938. The van der Waals surface area contributed by atoms with Crippen molar-refractivity contribution in [3.63, 3.8) is 0 Å². The maximum absolute atomic E-state index is 12.9. The molecule has 1 unspecified atom stereocenters. The molecule has 1 rings (SSSR count). The summed E-state index contributed by atoms with van der Waals surface area (Å²) in [6.45, 7) is 1.03. The highest BCUT2D eigenvalue weighted by atomic mass is 79.9. The van der Waals surface area contributed by atoms with E-state index in [-0.39, 0.29) is 5.56 Å². The van der Waals surface area contributed by atoms with Crippen LogP contribution in [-0.4, -0.2) is 9.94 Å². The van der Waals surface area contributed by atoms with Gasteiger partial charge in [0.25, 0.3) is 0 Å². The maximum Gasteiger partial charge on any atom is 0.333 e. The first kappa shape index (κ1) is 11.9. The summed E-state index contributed by atoms with van der Waals surface area (Å²) in [5.41, 5.74) is -2.15. The summed E-state index contributed by atoms with van der Waals surface area (Å²) in [5, 5.41) is 10.0. The summed E-state index contributed by atoms with van der Waals surface area (Å²) in [7, 11) is 0. The molecule has 0 saturated carbocycles. The Morgan fingerprint density at radius 2 is 1.71 bits per heavy atom. The highest BCUT2D eigenvalue weighted by molar-refractivity contribution is 9.10. The van der Waals surface area contributed by atoms with Crippen LogP contribution in [0.2, 0.25) is 5.02 Å². The molecule has 1 aromatic carbocycles. The van der Waals surface area contributed by atoms with Crippen molar-refractivity contribution in [2.45, 2.75) is 17.4 Å². The van der Waals surface area contributed by atoms with E-state index >= 15 is 0 Å². The second-order valence-electron chi connectivity index (χ2n) is 3.08. The van der Waals surface area contributed by atoms with Gasteiger partial charge in [0.1, 0.15) is 0 Å². The van der Waals surface area contributed by atoms with Crippen molar-refractivity contribution in [1.82, 2.24) is 0 Å². The molecule has 0 aliphatic rings. The molecule has 1 atom stereocenters. The summed E-state index contributed by atoms with van der Waals surface area (Å²) >= 11 is 7.73. The number of rotatable bonds is 2. The second-order valence-corrected chi connectivity index (χ2v) is 4.51. The number of halogens is 4. The molecule has 0 aliphatic heterocycles. The van der Waals surface area contributed by atoms with Gasteiger partial charge >= 0.3 is 4.83 Å². The number of benzene rings is 1. The number of hydrogen-bond donors (Lipinski definition) is 1. The first-order chi connectivity index (χ1) is 6.25. The third-order valence-electron chi connectivity index (χ3n) is 1.96. The molecule has 5 heteroatoms. The molecule has 0 amide bonds. The Balaban J connectivity index is 3.10. The third kappa shape index (κ3) is 2.24. The Kier molecular flexibility index (Phi) is 3.19. The lowest BCUT2D eigenvalue weighted by atomic mass is 9.97. The lowest BCUT2D eigenvalue weighted by Crippen LogP contribution is -2.37. The summed E-state index contributed by atoms with van der Waals surface area (Å²) in [6.07, 6.45) is 0. The monoisotopic (exact) mass is 284 g/mol. The van der Waals surface area contributed by atoms with Gasteiger partial charge in [-0.2, -0.15) is 8.78 Å². The first-order valence-corrected chi connectivity index (χ1v) is 4.97. The van der Waals surface area contributed by atoms with Crippen LogP contribution in [0.15, 0.2) is 24.3 Å². The predicted molar refractivity (Wildman–Crippen MR) is 54.9 cm³/mol. The summed E-state index contributed by atoms with van der Waals surface area (Å²) in [4.78, 5) is -3.38. The van der Waals surface area contributed by atoms with Crippen LogP contribution in [0.5, 0.6) is 0 Å². The van der Waals surface area contributed by atoms with E-state index in [1.54, 1.807) is 0 Å². The zero-order chi connectivity index (χ0) is 11.0. The molecule has 78 valence electrons. The Bertz CT molecular complexity index is 319. The molecule has 0 spiro atoms. The van der Waals surface area contributed by atoms with Crippen LogP contribution >= 0.6 is 27.5 Å².